The molecule has 0 saturated heterocycles. The molecule has 4 heteroatoms. The fourth-order valence-electron chi connectivity index (χ4n) is 1.73. The lowest BCUT2D eigenvalue weighted by Crippen LogP contribution is -2.48. The maximum absolute atomic E-state index is 12.8. The van der Waals surface area contributed by atoms with Gasteiger partial charge in [0.1, 0.15) is 11.6 Å². The van der Waals surface area contributed by atoms with Crippen LogP contribution in [0.4, 0.5) is 4.39 Å². The molecule has 0 spiro atoms. The number of nitrogens with zero attached hydrogens (tertiary/aromatic N) is 1. The first kappa shape index (κ1) is 14.5. The SMILES string of the molecule is CCN(CC)C(=O)C(C)(C)Oc1ccc(F)cc1. The van der Waals surface area contributed by atoms with Crippen LogP contribution in [0.5, 0.6) is 5.75 Å². The third-order valence-corrected chi connectivity index (χ3v) is 2.75. The predicted octanol–water partition coefficient (Wildman–Crippen LogP) is 2.85. The normalized spacial score (nSPS) is 11.2. The second-order valence-corrected chi connectivity index (χ2v) is 4.54. The molecule has 18 heavy (non-hydrogen) atoms. The van der Waals surface area contributed by atoms with E-state index in [-0.39, 0.29) is 11.7 Å². The molecule has 1 amide bonds. The van der Waals surface area contributed by atoms with Gasteiger partial charge in [0.2, 0.25) is 0 Å². The number of ether oxygens (including phenoxy) is 1. The Morgan fingerprint density at radius 1 is 1.22 bits per heavy atom. The van der Waals surface area contributed by atoms with Crippen molar-refractivity contribution in [3.05, 3.63) is 30.1 Å². The van der Waals surface area contributed by atoms with Crippen LogP contribution in [-0.4, -0.2) is 29.5 Å². The predicted molar refractivity (Wildman–Crippen MR) is 69.0 cm³/mol. The topological polar surface area (TPSA) is 29.5 Å². The molecule has 0 heterocycles. The van der Waals surface area contributed by atoms with Gasteiger partial charge in [0.05, 0.1) is 0 Å². The van der Waals surface area contributed by atoms with Crippen LogP contribution in [0.15, 0.2) is 24.3 Å². The summed E-state index contributed by atoms with van der Waals surface area (Å²) < 4.78 is 18.4. The molecule has 0 bridgehead atoms. The van der Waals surface area contributed by atoms with Crippen LogP contribution in [0, 0.1) is 5.82 Å². The van der Waals surface area contributed by atoms with Gasteiger partial charge in [-0.1, -0.05) is 0 Å². The molecule has 0 aromatic heterocycles. The highest BCUT2D eigenvalue weighted by atomic mass is 19.1. The lowest BCUT2D eigenvalue weighted by molar-refractivity contribution is -0.145. The number of rotatable bonds is 5. The maximum Gasteiger partial charge on any atom is 0.266 e. The number of carbonyl (C=O) groups is 1. The molecule has 0 aliphatic carbocycles. The maximum atomic E-state index is 12.8. The highest BCUT2D eigenvalue weighted by molar-refractivity contribution is 5.84. The molecule has 1 aromatic carbocycles. The van der Waals surface area contributed by atoms with Gasteiger partial charge in [0.15, 0.2) is 5.60 Å². The van der Waals surface area contributed by atoms with E-state index in [1.54, 1.807) is 18.7 Å². The molecule has 0 radical (unpaired) electrons. The summed E-state index contributed by atoms with van der Waals surface area (Å²) in [5.41, 5.74) is -0.955. The molecule has 1 rings (SSSR count). The van der Waals surface area contributed by atoms with E-state index in [2.05, 4.69) is 0 Å². The molecule has 0 unspecified atom stereocenters. The van der Waals surface area contributed by atoms with Crippen LogP contribution in [0.25, 0.3) is 0 Å². The van der Waals surface area contributed by atoms with Crippen LogP contribution in [0.2, 0.25) is 0 Å². The second-order valence-electron chi connectivity index (χ2n) is 4.54. The molecule has 0 aliphatic rings. The van der Waals surface area contributed by atoms with E-state index in [4.69, 9.17) is 4.74 Å². The molecule has 0 saturated carbocycles. The van der Waals surface area contributed by atoms with Crippen molar-refractivity contribution in [2.45, 2.75) is 33.3 Å². The summed E-state index contributed by atoms with van der Waals surface area (Å²) in [7, 11) is 0. The average molecular weight is 253 g/mol. The number of carbonyl (C=O) groups excluding carboxylic acids is 1. The van der Waals surface area contributed by atoms with Crippen LogP contribution >= 0.6 is 0 Å². The first-order valence-corrected chi connectivity index (χ1v) is 6.14. The van der Waals surface area contributed by atoms with E-state index in [0.717, 1.165) is 0 Å². The Balaban J connectivity index is 2.80. The van der Waals surface area contributed by atoms with Gasteiger partial charge in [0.25, 0.3) is 5.91 Å². The van der Waals surface area contributed by atoms with E-state index in [0.29, 0.717) is 18.8 Å². The number of hydrogen-bond donors (Lipinski definition) is 0. The minimum Gasteiger partial charge on any atom is -0.478 e. The van der Waals surface area contributed by atoms with E-state index >= 15 is 0 Å². The van der Waals surface area contributed by atoms with Crippen LogP contribution in [0.3, 0.4) is 0 Å². The minimum atomic E-state index is -0.955. The Morgan fingerprint density at radius 3 is 2.17 bits per heavy atom. The van der Waals surface area contributed by atoms with Gasteiger partial charge in [-0.2, -0.15) is 0 Å². The number of likely N-dealkylation sites (N-methyl/N-ethyl adjacent to an activating group) is 1. The number of hydrogen-bond acceptors (Lipinski definition) is 2. The number of benzene rings is 1. The highest BCUT2D eigenvalue weighted by Gasteiger charge is 2.33. The van der Waals surface area contributed by atoms with Gasteiger partial charge in [-0.3, -0.25) is 4.79 Å². The van der Waals surface area contributed by atoms with Crippen LogP contribution in [-0.2, 0) is 4.79 Å². The highest BCUT2D eigenvalue weighted by Crippen LogP contribution is 2.20. The summed E-state index contributed by atoms with van der Waals surface area (Å²) in [5, 5.41) is 0. The average Bonchev–Trinajstić information content (AvgIpc) is 2.33. The van der Waals surface area contributed by atoms with Gasteiger partial charge in [0, 0.05) is 13.1 Å². The van der Waals surface area contributed by atoms with Crippen molar-refractivity contribution in [3.8, 4) is 5.75 Å². The van der Waals surface area contributed by atoms with Crippen molar-refractivity contribution in [2.24, 2.45) is 0 Å². The largest absolute Gasteiger partial charge is 0.478 e. The van der Waals surface area contributed by atoms with Crippen LogP contribution < -0.4 is 4.74 Å². The third kappa shape index (κ3) is 3.45. The van der Waals surface area contributed by atoms with Gasteiger partial charge in [-0.05, 0) is 52.0 Å². The molecule has 100 valence electrons. The fourth-order valence-corrected chi connectivity index (χ4v) is 1.73. The zero-order valence-corrected chi connectivity index (χ0v) is 11.4. The molecule has 0 atom stereocenters. The monoisotopic (exact) mass is 253 g/mol. The van der Waals surface area contributed by atoms with Crippen LogP contribution in [0.1, 0.15) is 27.7 Å². The molecular weight excluding hydrogens is 233 g/mol. The zero-order chi connectivity index (χ0) is 13.8. The minimum absolute atomic E-state index is 0.0724. The van der Waals surface area contributed by atoms with Gasteiger partial charge >= 0.3 is 0 Å². The van der Waals surface area contributed by atoms with Crippen molar-refractivity contribution in [1.82, 2.24) is 4.90 Å². The van der Waals surface area contributed by atoms with Crippen molar-refractivity contribution >= 4 is 5.91 Å². The van der Waals surface area contributed by atoms with Crippen molar-refractivity contribution < 1.29 is 13.9 Å². The molecule has 1 aromatic rings. The number of amides is 1. The lowest BCUT2D eigenvalue weighted by Gasteiger charge is -2.31. The van der Waals surface area contributed by atoms with Gasteiger partial charge < -0.3 is 9.64 Å². The van der Waals surface area contributed by atoms with E-state index in [1.165, 1.54) is 24.3 Å². The number of halogens is 1. The second kappa shape index (κ2) is 5.85. The van der Waals surface area contributed by atoms with E-state index < -0.39 is 5.60 Å². The Bertz CT molecular complexity index is 397. The molecule has 0 N–H and O–H groups in total. The van der Waals surface area contributed by atoms with E-state index in [9.17, 15) is 9.18 Å². The summed E-state index contributed by atoms with van der Waals surface area (Å²) >= 11 is 0. The van der Waals surface area contributed by atoms with Crippen molar-refractivity contribution in [3.63, 3.8) is 0 Å². The van der Waals surface area contributed by atoms with Gasteiger partial charge in [-0.15, -0.1) is 0 Å². The van der Waals surface area contributed by atoms with Crippen molar-refractivity contribution in [1.29, 1.82) is 0 Å². The summed E-state index contributed by atoms with van der Waals surface area (Å²) in [6.45, 7) is 8.58. The molecular formula is C14H20FNO2. The van der Waals surface area contributed by atoms with Crippen molar-refractivity contribution in [2.75, 3.05) is 13.1 Å². The lowest BCUT2D eigenvalue weighted by atomic mass is 10.1. The molecule has 0 aliphatic heterocycles. The third-order valence-electron chi connectivity index (χ3n) is 2.75. The Hall–Kier alpha value is -1.58. The zero-order valence-electron chi connectivity index (χ0n) is 11.4. The molecule has 0 fully saturated rings. The first-order chi connectivity index (χ1) is 8.40. The standard InChI is InChI=1S/C14H20FNO2/c1-5-16(6-2)13(17)14(3,4)18-12-9-7-11(15)8-10-12/h7-10H,5-6H2,1-4H3. The smallest absolute Gasteiger partial charge is 0.266 e. The summed E-state index contributed by atoms with van der Waals surface area (Å²) in [6, 6.07) is 5.67. The Kier molecular flexibility index (Phi) is 4.70. The summed E-state index contributed by atoms with van der Waals surface area (Å²) in [4.78, 5) is 13.9. The Labute approximate surface area is 108 Å². The fraction of sp³-hybridized carbons (Fsp3) is 0.500. The molecule has 3 nitrogen and oxygen atoms in total. The summed E-state index contributed by atoms with van der Waals surface area (Å²) in [5.74, 6) is 0.0916. The first-order valence-electron chi connectivity index (χ1n) is 6.14. The quantitative estimate of drug-likeness (QED) is 0.807. The Morgan fingerprint density at radius 2 is 1.72 bits per heavy atom. The van der Waals surface area contributed by atoms with E-state index in [1.807, 2.05) is 13.8 Å². The summed E-state index contributed by atoms with van der Waals surface area (Å²) in [6.07, 6.45) is 0. The van der Waals surface area contributed by atoms with Gasteiger partial charge in [-0.25, -0.2) is 4.39 Å².